The van der Waals surface area contributed by atoms with Gasteiger partial charge in [-0.15, -0.1) is 0 Å². The van der Waals surface area contributed by atoms with Gasteiger partial charge in [0.25, 0.3) is 0 Å². The lowest BCUT2D eigenvalue weighted by Crippen LogP contribution is -2.22. The zero-order valence-corrected chi connectivity index (χ0v) is 14.2. The van der Waals surface area contributed by atoms with E-state index in [1.54, 1.807) is 14.2 Å². The van der Waals surface area contributed by atoms with Gasteiger partial charge < -0.3 is 14.8 Å². The van der Waals surface area contributed by atoms with Gasteiger partial charge in [-0.2, -0.15) is 0 Å². The molecule has 0 heterocycles. The van der Waals surface area contributed by atoms with Crippen molar-refractivity contribution in [1.29, 1.82) is 0 Å². The molecule has 0 saturated carbocycles. The van der Waals surface area contributed by atoms with E-state index in [1.165, 1.54) is 18.4 Å². The summed E-state index contributed by atoms with van der Waals surface area (Å²) in [5, 5.41) is 3.51. The average molecular weight is 293 g/mol. The summed E-state index contributed by atoms with van der Waals surface area (Å²) in [7, 11) is 3.40. The smallest absolute Gasteiger partial charge is 0.125 e. The summed E-state index contributed by atoms with van der Waals surface area (Å²) in [5.74, 6) is 3.22. The lowest BCUT2D eigenvalue weighted by molar-refractivity contribution is 0.388. The topological polar surface area (TPSA) is 30.5 Å². The summed E-state index contributed by atoms with van der Waals surface area (Å²) in [6, 6.07) is 6.08. The van der Waals surface area contributed by atoms with Crippen molar-refractivity contribution in [3.05, 3.63) is 23.8 Å². The Morgan fingerprint density at radius 1 is 1.05 bits per heavy atom. The van der Waals surface area contributed by atoms with Gasteiger partial charge in [0.1, 0.15) is 11.5 Å². The Kier molecular flexibility index (Phi) is 8.21. The van der Waals surface area contributed by atoms with Crippen LogP contribution in [0.4, 0.5) is 0 Å². The van der Waals surface area contributed by atoms with Gasteiger partial charge in [0.05, 0.1) is 14.2 Å². The van der Waals surface area contributed by atoms with Crippen molar-refractivity contribution < 1.29 is 9.47 Å². The van der Waals surface area contributed by atoms with Gasteiger partial charge in [0.15, 0.2) is 0 Å². The molecule has 0 aliphatic rings. The van der Waals surface area contributed by atoms with E-state index in [9.17, 15) is 0 Å². The molecule has 3 nitrogen and oxygen atoms in total. The highest BCUT2D eigenvalue weighted by molar-refractivity contribution is 5.40. The third-order valence-electron chi connectivity index (χ3n) is 3.77. The molecule has 0 aromatic heterocycles. The fourth-order valence-corrected chi connectivity index (χ4v) is 2.34. The fourth-order valence-electron chi connectivity index (χ4n) is 2.34. The number of rotatable bonds is 10. The predicted molar refractivity (Wildman–Crippen MR) is 89.4 cm³/mol. The summed E-state index contributed by atoms with van der Waals surface area (Å²) < 4.78 is 10.7. The van der Waals surface area contributed by atoms with Crippen LogP contribution in [-0.2, 0) is 6.42 Å². The maximum Gasteiger partial charge on any atom is 0.125 e. The lowest BCUT2D eigenvalue weighted by Gasteiger charge is -2.15. The minimum atomic E-state index is 0.719. The maximum atomic E-state index is 5.45. The maximum absolute atomic E-state index is 5.45. The van der Waals surface area contributed by atoms with Crippen molar-refractivity contribution in [3.63, 3.8) is 0 Å². The molecule has 120 valence electrons. The van der Waals surface area contributed by atoms with Crippen LogP contribution in [0.15, 0.2) is 18.2 Å². The van der Waals surface area contributed by atoms with E-state index in [0.717, 1.165) is 42.8 Å². The molecular weight excluding hydrogens is 262 g/mol. The van der Waals surface area contributed by atoms with Crippen molar-refractivity contribution >= 4 is 0 Å². The van der Waals surface area contributed by atoms with Crippen LogP contribution in [0.5, 0.6) is 11.5 Å². The van der Waals surface area contributed by atoms with Gasteiger partial charge in [-0.3, -0.25) is 0 Å². The molecule has 1 rings (SSSR count). The molecule has 1 unspecified atom stereocenters. The second kappa shape index (κ2) is 9.67. The Morgan fingerprint density at radius 2 is 1.81 bits per heavy atom. The first-order valence-corrected chi connectivity index (χ1v) is 7.98. The minimum Gasteiger partial charge on any atom is -0.497 e. The van der Waals surface area contributed by atoms with Crippen LogP contribution in [0.1, 0.15) is 39.2 Å². The number of methoxy groups -OCH3 is 2. The van der Waals surface area contributed by atoms with Crippen LogP contribution in [0.2, 0.25) is 0 Å². The normalized spacial score (nSPS) is 12.5. The highest BCUT2D eigenvalue weighted by atomic mass is 16.5. The predicted octanol–water partition coefficient (Wildman–Crippen LogP) is 3.91. The highest BCUT2D eigenvalue weighted by Gasteiger charge is 2.08. The summed E-state index contributed by atoms with van der Waals surface area (Å²) in [5.41, 5.74) is 1.26. The number of nitrogens with one attached hydrogen (secondary N) is 1. The molecule has 1 aromatic rings. The van der Waals surface area contributed by atoms with Crippen LogP contribution in [-0.4, -0.2) is 27.3 Å². The standard InChI is InChI=1S/C18H31NO2/c1-14(2)13-19-11-10-15(3)6-7-16-8-9-17(20-4)12-18(16)21-5/h8-9,12,14-15,19H,6-7,10-11,13H2,1-5H3. The van der Waals surface area contributed by atoms with Crippen molar-refractivity contribution in [2.24, 2.45) is 11.8 Å². The second-order valence-corrected chi connectivity index (χ2v) is 6.21. The van der Waals surface area contributed by atoms with E-state index < -0.39 is 0 Å². The quantitative estimate of drug-likeness (QED) is 0.664. The second-order valence-electron chi connectivity index (χ2n) is 6.21. The van der Waals surface area contributed by atoms with Crippen molar-refractivity contribution in [3.8, 4) is 11.5 Å². The van der Waals surface area contributed by atoms with Gasteiger partial charge in [-0.25, -0.2) is 0 Å². The van der Waals surface area contributed by atoms with Gasteiger partial charge in [0.2, 0.25) is 0 Å². The molecule has 1 atom stereocenters. The largest absolute Gasteiger partial charge is 0.497 e. The molecule has 1 aromatic carbocycles. The number of aryl methyl sites for hydroxylation is 1. The van der Waals surface area contributed by atoms with Crippen LogP contribution in [0.3, 0.4) is 0 Å². The van der Waals surface area contributed by atoms with E-state index in [0.29, 0.717) is 0 Å². The Morgan fingerprint density at radius 3 is 2.43 bits per heavy atom. The molecule has 0 saturated heterocycles. The summed E-state index contributed by atoms with van der Waals surface area (Å²) in [4.78, 5) is 0. The minimum absolute atomic E-state index is 0.719. The Bertz CT molecular complexity index is 404. The molecular formula is C18H31NO2. The number of hydrogen-bond acceptors (Lipinski definition) is 3. The van der Waals surface area contributed by atoms with Crippen molar-refractivity contribution in [2.75, 3.05) is 27.3 Å². The van der Waals surface area contributed by atoms with Gasteiger partial charge >= 0.3 is 0 Å². The molecule has 1 N–H and O–H groups in total. The summed E-state index contributed by atoms with van der Waals surface area (Å²) >= 11 is 0. The van der Waals surface area contributed by atoms with Crippen LogP contribution in [0, 0.1) is 11.8 Å². The molecule has 0 aliphatic carbocycles. The SMILES string of the molecule is COc1ccc(CCC(C)CCNCC(C)C)c(OC)c1. The molecule has 21 heavy (non-hydrogen) atoms. The van der Waals surface area contributed by atoms with E-state index in [4.69, 9.17) is 9.47 Å². The van der Waals surface area contributed by atoms with Crippen LogP contribution in [0.25, 0.3) is 0 Å². The monoisotopic (exact) mass is 293 g/mol. The van der Waals surface area contributed by atoms with E-state index in [2.05, 4.69) is 32.2 Å². The van der Waals surface area contributed by atoms with E-state index in [1.807, 2.05) is 12.1 Å². The summed E-state index contributed by atoms with van der Waals surface area (Å²) in [6.45, 7) is 9.03. The fraction of sp³-hybridized carbons (Fsp3) is 0.667. The van der Waals surface area contributed by atoms with Gasteiger partial charge in [0, 0.05) is 6.07 Å². The third kappa shape index (κ3) is 6.85. The number of hydrogen-bond donors (Lipinski definition) is 1. The zero-order valence-electron chi connectivity index (χ0n) is 14.2. The van der Waals surface area contributed by atoms with E-state index >= 15 is 0 Å². The van der Waals surface area contributed by atoms with Crippen LogP contribution >= 0.6 is 0 Å². The lowest BCUT2D eigenvalue weighted by atomic mass is 9.97. The number of benzene rings is 1. The Balaban J connectivity index is 2.37. The zero-order chi connectivity index (χ0) is 15.7. The van der Waals surface area contributed by atoms with Crippen molar-refractivity contribution in [1.82, 2.24) is 5.32 Å². The first kappa shape index (κ1) is 17.8. The Labute approximate surface area is 130 Å². The van der Waals surface area contributed by atoms with Gasteiger partial charge in [-0.1, -0.05) is 26.8 Å². The van der Waals surface area contributed by atoms with Crippen molar-refractivity contribution in [2.45, 2.75) is 40.0 Å². The van der Waals surface area contributed by atoms with Crippen LogP contribution < -0.4 is 14.8 Å². The molecule has 0 amide bonds. The molecule has 3 heteroatoms. The average Bonchev–Trinajstić information content (AvgIpc) is 2.49. The summed E-state index contributed by atoms with van der Waals surface area (Å²) in [6.07, 6.45) is 3.47. The van der Waals surface area contributed by atoms with E-state index in [-0.39, 0.29) is 0 Å². The van der Waals surface area contributed by atoms with Gasteiger partial charge in [-0.05, 0) is 55.8 Å². The Hall–Kier alpha value is -1.22. The third-order valence-corrected chi connectivity index (χ3v) is 3.77. The molecule has 0 radical (unpaired) electrons. The number of ether oxygens (including phenoxy) is 2. The highest BCUT2D eigenvalue weighted by Crippen LogP contribution is 2.26. The molecule has 0 aliphatic heterocycles. The molecule has 0 bridgehead atoms. The molecule has 0 spiro atoms. The molecule has 0 fully saturated rings. The first-order valence-electron chi connectivity index (χ1n) is 7.98. The first-order chi connectivity index (χ1) is 10.1.